The van der Waals surface area contributed by atoms with Crippen molar-refractivity contribution in [1.29, 1.82) is 0 Å². The van der Waals surface area contributed by atoms with Crippen LogP contribution in [0.4, 0.5) is 0 Å². The molecule has 0 aromatic carbocycles. The highest BCUT2D eigenvalue weighted by Crippen LogP contribution is 2.34. The number of carbonyl (C=O) groups excluding carboxylic acids is 2. The minimum Gasteiger partial charge on any atom is -0.342 e. The highest BCUT2D eigenvalue weighted by Gasteiger charge is 2.31. The van der Waals surface area contributed by atoms with E-state index in [0.29, 0.717) is 5.91 Å². The summed E-state index contributed by atoms with van der Waals surface area (Å²) in [5.41, 5.74) is 1.26. The Morgan fingerprint density at radius 1 is 0.920 bits per heavy atom. The Morgan fingerprint density at radius 3 is 2.24 bits per heavy atom. The smallest absolute Gasteiger partial charge is 0.263 e. The highest BCUT2D eigenvalue weighted by molar-refractivity contribution is 7.14. The fraction of sp³-hybridized carbons (Fsp3) is 0.700. The van der Waals surface area contributed by atoms with Crippen molar-refractivity contribution >= 4 is 23.2 Å². The number of thiophene rings is 1. The fourth-order valence-corrected chi connectivity index (χ4v) is 5.64. The molecule has 1 aliphatic carbocycles. The van der Waals surface area contributed by atoms with E-state index in [1.54, 1.807) is 11.3 Å². The standard InChI is InChI=1S/C20H28N2O2S/c23-19(21-9-3-1-4-10-21)15-7-8-17-16(13-15)14-18(25-17)20(24)22-11-5-2-6-12-22/h14-15H,1-13H2/t15-/m0/s1. The van der Waals surface area contributed by atoms with Gasteiger partial charge in [0, 0.05) is 37.0 Å². The van der Waals surface area contributed by atoms with Crippen LogP contribution in [0.2, 0.25) is 0 Å². The number of likely N-dealkylation sites (tertiary alicyclic amines) is 2. The Morgan fingerprint density at radius 2 is 1.56 bits per heavy atom. The first kappa shape index (κ1) is 17.1. The summed E-state index contributed by atoms with van der Waals surface area (Å²) >= 11 is 1.67. The number of fused-ring (bicyclic) bond motifs is 1. The zero-order chi connectivity index (χ0) is 17.2. The summed E-state index contributed by atoms with van der Waals surface area (Å²) in [4.78, 5) is 31.9. The minimum absolute atomic E-state index is 0.123. The van der Waals surface area contributed by atoms with Crippen molar-refractivity contribution in [2.75, 3.05) is 26.2 Å². The maximum Gasteiger partial charge on any atom is 0.263 e. The van der Waals surface area contributed by atoms with Crippen molar-refractivity contribution in [3.8, 4) is 0 Å². The molecule has 0 N–H and O–H groups in total. The number of carbonyl (C=O) groups is 2. The van der Waals surface area contributed by atoms with Gasteiger partial charge in [0.05, 0.1) is 4.88 Å². The minimum atomic E-state index is 0.123. The third kappa shape index (κ3) is 3.62. The second-order valence-electron chi connectivity index (χ2n) is 7.74. The summed E-state index contributed by atoms with van der Waals surface area (Å²) in [7, 11) is 0. The Bertz CT molecular complexity index is 642. The van der Waals surface area contributed by atoms with Crippen LogP contribution in [0.25, 0.3) is 0 Å². The number of hydrogen-bond acceptors (Lipinski definition) is 3. The SMILES string of the molecule is O=C(c1cc2c(s1)CC[C@H](C(=O)N1CCCCC1)C2)N1CCCCC1. The first-order chi connectivity index (χ1) is 12.2. The van der Waals surface area contributed by atoms with Gasteiger partial charge in [0.1, 0.15) is 0 Å². The molecule has 1 atom stereocenters. The number of amides is 2. The maximum absolute atomic E-state index is 12.8. The van der Waals surface area contributed by atoms with Gasteiger partial charge in [-0.05, 0) is 69.4 Å². The Labute approximate surface area is 154 Å². The maximum atomic E-state index is 12.8. The van der Waals surface area contributed by atoms with Crippen LogP contribution < -0.4 is 0 Å². The predicted octanol–water partition coefficient (Wildman–Crippen LogP) is 3.49. The topological polar surface area (TPSA) is 40.6 Å². The van der Waals surface area contributed by atoms with E-state index >= 15 is 0 Å². The van der Waals surface area contributed by atoms with Crippen LogP contribution >= 0.6 is 11.3 Å². The molecule has 0 unspecified atom stereocenters. The average molecular weight is 361 g/mol. The van der Waals surface area contributed by atoms with E-state index < -0.39 is 0 Å². The van der Waals surface area contributed by atoms with Gasteiger partial charge in [-0.15, -0.1) is 11.3 Å². The van der Waals surface area contributed by atoms with Gasteiger partial charge in [0.15, 0.2) is 0 Å². The molecule has 3 heterocycles. The van der Waals surface area contributed by atoms with E-state index in [0.717, 1.165) is 76.0 Å². The molecule has 25 heavy (non-hydrogen) atoms. The summed E-state index contributed by atoms with van der Waals surface area (Å²) in [6.07, 6.45) is 9.78. The molecule has 136 valence electrons. The third-order valence-corrected chi connectivity index (χ3v) is 7.18. The second-order valence-corrected chi connectivity index (χ2v) is 8.87. The second kappa shape index (κ2) is 7.48. The largest absolute Gasteiger partial charge is 0.342 e. The summed E-state index contributed by atoms with van der Waals surface area (Å²) < 4.78 is 0. The van der Waals surface area contributed by atoms with Crippen LogP contribution in [0.3, 0.4) is 0 Å². The van der Waals surface area contributed by atoms with Crippen molar-refractivity contribution in [3.05, 3.63) is 21.4 Å². The van der Waals surface area contributed by atoms with E-state index in [4.69, 9.17) is 0 Å². The Hall–Kier alpha value is -1.36. The Kier molecular flexibility index (Phi) is 5.11. The quantitative estimate of drug-likeness (QED) is 0.810. The molecule has 0 saturated carbocycles. The molecule has 2 amide bonds. The van der Waals surface area contributed by atoms with E-state index in [-0.39, 0.29) is 11.8 Å². The molecule has 1 aromatic rings. The monoisotopic (exact) mass is 360 g/mol. The van der Waals surface area contributed by atoms with Crippen LogP contribution in [0.15, 0.2) is 6.07 Å². The molecule has 0 bridgehead atoms. The lowest BCUT2D eigenvalue weighted by Gasteiger charge is -2.31. The van der Waals surface area contributed by atoms with Crippen molar-refractivity contribution in [2.24, 2.45) is 5.92 Å². The molecule has 4 nitrogen and oxygen atoms in total. The number of hydrogen-bond donors (Lipinski definition) is 0. The van der Waals surface area contributed by atoms with Gasteiger partial charge >= 0.3 is 0 Å². The normalized spacial score (nSPS) is 24.1. The molecular weight excluding hydrogens is 332 g/mol. The molecule has 2 saturated heterocycles. The van der Waals surface area contributed by atoms with Gasteiger partial charge in [-0.1, -0.05) is 0 Å². The first-order valence-electron chi connectivity index (χ1n) is 9.92. The van der Waals surface area contributed by atoms with Crippen molar-refractivity contribution in [1.82, 2.24) is 9.80 Å². The summed E-state index contributed by atoms with van der Waals surface area (Å²) in [5.74, 6) is 0.677. The van der Waals surface area contributed by atoms with Gasteiger partial charge in [-0.2, -0.15) is 0 Å². The zero-order valence-electron chi connectivity index (χ0n) is 15.0. The molecule has 0 radical (unpaired) electrons. The number of rotatable bonds is 2. The molecule has 2 aliphatic heterocycles. The average Bonchev–Trinajstić information content (AvgIpc) is 3.11. The molecular formula is C20H28N2O2S. The van der Waals surface area contributed by atoms with Crippen molar-refractivity contribution < 1.29 is 9.59 Å². The lowest BCUT2D eigenvalue weighted by molar-refractivity contribution is -0.136. The number of nitrogens with zero attached hydrogens (tertiary/aromatic N) is 2. The van der Waals surface area contributed by atoms with Gasteiger partial charge in [-0.25, -0.2) is 0 Å². The summed E-state index contributed by atoms with van der Waals surface area (Å²) in [6.45, 7) is 3.67. The molecule has 0 spiro atoms. The van der Waals surface area contributed by atoms with E-state index in [1.165, 1.54) is 23.3 Å². The molecule has 3 aliphatic rings. The van der Waals surface area contributed by atoms with E-state index in [2.05, 4.69) is 11.0 Å². The predicted molar refractivity (Wildman–Crippen MR) is 100 cm³/mol. The van der Waals surface area contributed by atoms with Crippen LogP contribution in [0, 0.1) is 5.92 Å². The van der Waals surface area contributed by atoms with Crippen molar-refractivity contribution in [2.45, 2.75) is 57.8 Å². The van der Waals surface area contributed by atoms with E-state index in [1.807, 2.05) is 4.90 Å². The molecule has 1 aromatic heterocycles. The Balaban J connectivity index is 1.43. The first-order valence-corrected chi connectivity index (χ1v) is 10.7. The van der Waals surface area contributed by atoms with Gasteiger partial charge in [0.25, 0.3) is 5.91 Å². The molecule has 2 fully saturated rings. The lowest BCUT2D eigenvalue weighted by atomic mass is 9.87. The number of piperidine rings is 2. The van der Waals surface area contributed by atoms with Gasteiger partial charge in [-0.3, -0.25) is 9.59 Å². The zero-order valence-corrected chi connectivity index (χ0v) is 15.8. The number of aryl methyl sites for hydroxylation is 1. The summed E-state index contributed by atoms with van der Waals surface area (Å²) in [6, 6.07) is 2.09. The van der Waals surface area contributed by atoms with E-state index in [9.17, 15) is 9.59 Å². The molecule has 5 heteroatoms. The van der Waals surface area contributed by atoms with Crippen LogP contribution in [0.1, 0.15) is 65.1 Å². The van der Waals surface area contributed by atoms with Gasteiger partial charge in [0.2, 0.25) is 5.91 Å². The third-order valence-electron chi connectivity index (χ3n) is 5.95. The van der Waals surface area contributed by atoms with Crippen molar-refractivity contribution in [3.63, 3.8) is 0 Å². The molecule has 4 rings (SSSR count). The highest BCUT2D eigenvalue weighted by atomic mass is 32.1. The van der Waals surface area contributed by atoms with Crippen LogP contribution in [0.5, 0.6) is 0 Å². The summed E-state index contributed by atoms with van der Waals surface area (Å²) in [5, 5.41) is 0. The van der Waals surface area contributed by atoms with Crippen LogP contribution in [-0.2, 0) is 17.6 Å². The fourth-order valence-electron chi connectivity index (χ4n) is 4.47. The van der Waals surface area contributed by atoms with Crippen LogP contribution in [-0.4, -0.2) is 47.8 Å². The lowest BCUT2D eigenvalue weighted by Crippen LogP contribution is -2.41. The van der Waals surface area contributed by atoms with Gasteiger partial charge < -0.3 is 9.80 Å².